The molecule has 1 heterocycles. The van der Waals surface area contributed by atoms with Crippen molar-refractivity contribution in [2.75, 3.05) is 7.11 Å². The highest BCUT2D eigenvalue weighted by Crippen LogP contribution is 2.34. The highest BCUT2D eigenvalue weighted by molar-refractivity contribution is 6.32. The van der Waals surface area contributed by atoms with Crippen LogP contribution in [0.15, 0.2) is 42.6 Å². The van der Waals surface area contributed by atoms with Crippen molar-refractivity contribution in [1.29, 1.82) is 0 Å². The number of benzene rings is 1. The van der Waals surface area contributed by atoms with Gasteiger partial charge in [-0.2, -0.15) is 0 Å². The van der Waals surface area contributed by atoms with Gasteiger partial charge in [0.05, 0.1) is 17.8 Å². The maximum Gasteiger partial charge on any atom is 0.137 e. The second-order valence-electron chi connectivity index (χ2n) is 6.38. The summed E-state index contributed by atoms with van der Waals surface area (Å²) in [6.07, 6.45) is 10.5. The molecular weight excluding hydrogens is 318 g/mol. The summed E-state index contributed by atoms with van der Waals surface area (Å²) < 4.78 is 5.28. The Morgan fingerprint density at radius 2 is 2.04 bits per heavy atom. The van der Waals surface area contributed by atoms with Crippen molar-refractivity contribution in [1.82, 2.24) is 4.98 Å². The van der Waals surface area contributed by atoms with E-state index in [1.165, 1.54) is 36.8 Å². The summed E-state index contributed by atoms with van der Waals surface area (Å²) in [6.45, 7) is 2.15. The number of aromatic nitrogens is 1. The van der Waals surface area contributed by atoms with Crippen molar-refractivity contribution in [3.63, 3.8) is 0 Å². The Kier molecular flexibility index (Phi) is 5.57. The third-order valence-electron chi connectivity index (χ3n) is 4.77. The highest BCUT2D eigenvalue weighted by atomic mass is 35.5. The molecule has 1 aliphatic carbocycles. The van der Waals surface area contributed by atoms with E-state index in [1.807, 2.05) is 18.3 Å². The fourth-order valence-electron chi connectivity index (χ4n) is 3.32. The second kappa shape index (κ2) is 7.85. The van der Waals surface area contributed by atoms with Crippen LogP contribution in [-0.2, 0) is 6.42 Å². The molecule has 0 N–H and O–H groups in total. The summed E-state index contributed by atoms with van der Waals surface area (Å²) in [6, 6.07) is 10.3. The second-order valence-corrected chi connectivity index (χ2v) is 6.79. The molecule has 0 aliphatic heterocycles. The molecule has 0 saturated heterocycles. The predicted octanol–water partition coefficient (Wildman–Crippen LogP) is 5.93. The maximum atomic E-state index is 6.35. The fraction of sp³-hybridized carbons (Fsp3) is 0.381. The van der Waals surface area contributed by atoms with Gasteiger partial charge in [-0.15, -0.1) is 0 Å². The first-order chi connectivity index (χ1) is 11.7. The van der Waals surface area contributed by atoms with E-state index in [-0.39, 0.29) is 0 Å². The smallest absolute Gasteiger partial charge is 0.137 e. The Balaban J connectivity index is 2.02. The van der Waals surface area contributed by atoms with Crippen molar-refractivity contribution in [2.45, 2.75) is 39.0 Å². The van der Waals surface area contributed by atoms with Crippen LogP contribution in [0.5, 0.6) is 5.75 Å². The highest BCUT2D eigenvalue weighted by Gasteiger charge is 2.16. The van der Waals surface area contributed by atoms with Gasteiger partial charge in [-0.3, -0.25) is 4.98 Å². The Morgan fingerprint density at radius 1 is 1.25 bits per heavy atom. The SMILES string of the molecule is CCc1ccc(/C(=C/C2CCCC2)c2ccc(OC)c(Cl)c2)nc1. The molecule has 0 amide bonds. The Morgan fingerprint density at radius 3 is 2.62 bits per heavy atom. The molecule has 3 heteroatoms. The molecule has 24 heavy (non-hydrogen) atoms. The number of ether oxygens (including phenoxy) is 1. The molecule has 0 unspecified atom stereocenters. The first-order valence-corrected chi connectivity index (χ1v) is 9.10. The topological polar surface area (TPSA) is 22.1 Å². The summed E-state index contributed by atoms with van der Waals surface area (Å²) in [4.78, 5) is 4.70. The molecule has 1 aromatic heterocycles. The van der Waals surface area contributed by atoms with E-state index in [4.69, 9.17) is 21.3 Å². The number of rotatable bonds is 5. The van der Waals surface area contributed by atoms with Crippen LogP contribution in [0.2, 0.25) is 5.02 Å². The van der Waals surface area contributed by atoms with Gasteiger partial charge in [-0.05, 0) is 54.5 Å². The normalized spacial score (nSPS) is 15.7. The molecule has 2 aromatic rings. The molecule has 0 spiro atoms. The molecule has 1 saturated carbocycles. The third kappa shape index (κ3) is 3.81. The first-order valence-electron chi connectivity index (χ1n) is 8.72. The predicted molar refractivity (Wildman–Crippen MR) is 101 cm³/mol. The third-order valence-corrected chi connectivity index (χ3v) is 5.07. The van der Waals surface area contributed by atoms with Crippen molar-refractivity contribution in [3.8, 4) is 5.75 Å². The van der Waals surface area contributed by atoms with Gasteiger partial charge in [0, 0.05) is 11.8 Å². The van der Waals surface area contributed by atoms with Crippen molar-refractivity contribution in [3.05, 3.63) is 64.4 Å². The number of methoxy groups -OCH3 is 1. The molecule has 1 aliphatic rings. The van der Waals surface area contributed by atoms with Crippen molar-refractivity contribution < 1.29 is 4.74 Å². The number of hydrogen-bond acceptors (Lipinski definition) is 2. The van der Waals surface area contributed by atoms with E-state index < -0.39 is 0 Å². The van der Waals surface area contributed by atoms with Gasteiger partial charge in [0.15, 0.2) is 0 Å². The summed E-state index contributed by atoms with van der Waals surface area (Å²) in [5.41, 5.74) is 4.55. The van der Waals surface area contributed by atoms with E-state index >= 15 is 0 Å². The van der Waals surface area contributed by atoms with Crippen LogP contribution >= 0.6 is 11.6 Å². The van der Waals surface area contributed by atoms with Gasteiger partial charge in [-0.1, -0.05) is 49.6 Å². The molecule has 1 fully saturated rings. The van der Waals surface area contributed by atoms with Gasteiger partial charge in [0.25, 0.3) is 0 Å². The lowest BCUT2D eigenvalue weighted by atomic mass is 9.95. The van der Waals surface area contributed by atoms with Crippen LogP contribution in [0, 0.1) is 5.92 Å². The monoisotopic (exact) mass is 341 g/mol. The standard InChI is InChI=1S/C21H24ClNO/c1-3-15-8-10-20(23-14-15)18(12-16-6-4-5-7-16)17-9-11-21(24-2)19(22)13-17/h8-14,16H,3-7H2,1-2H3/b18-12+. The lowest BCUT2D eigenvalue weighted by Crippen LogP contribution is -1.97. The van der Waals surface area contributed by atoms with E-state index in [1.54, 1.807) is 7.11 Å². The number of allylic oxidation sites excluding steroid dienone is 1. The summed E-state index contributed by atoms with van der Waals surface area (Å²) in [5, 5.41) is 0.637. The van der Waals surface area contributed by atoms with Crippen LogP contribution in [0.3, 0.4) is 0 Å². The maximum absolute atomic E-state index is 6.35. The summed E-state index contributed by atoms with van der Waals surface area (Å²) >= 11 is 6.35. The number of hydrogen-bond donors (Lipinski definition) is 0. The van der Waals surface area contributed by atoms with Crippen LogP contribution in [0.25, 0.3) is 5.57 Å². The molecular formula is C21H24ClNO. The molecule has 2 nitrogen and oxygen atoms in total. The summed E-state index contributed by atoms with van der Waals surface area (Å²) in [5.74, 6) is 1.34. The first kappa shape index (κ1) is 17.0. The molecule has 0 radical (unpaired) electrons. The minimum atomic E-state index is 0.633. The van der Waals surface area contributed by atoms with Crippen LogP contribution < -0.4 is 4.74 Å². The van der Waals surface area contributed by atoms with Gasteiger partial charge in [0.2, 0.25) is 0 Å². The molecule has 1 aromatic carbocycles. The minimum Gasteiger partial charge on any atom is -0.495 e. The van der Waals surface area contributed by atoms with Gasteiger partial charge >= 0.3 is 0 Å². The Bertz CT molecular complexity index is 715. The lowest BCUT2D eigenvalue weighted by Gasteiger charge is -2.13. The number of nitrogens with zero attached hydrogens (tertiary/aromatic N) is 1. The summed E-state index contributed by atoms with van der Waals surface area (Å²) in [7, 11) is 1.64. The molecule has 126 valence electrons. The molecule has 0 bridgehead atoms. The van der Waals surface area contributed by atoms with E-state index in [0.29, 0.717) is 16.7 Å². The van der Waals surface area contributed by atoms with Gasteiger partial charge < -0.3 is 4.74 Å². The number of pyridine rings is 1. The van der Waals surface area contributed by atoms with Crippen LogP contribution in [0.1, 0.15) is 49.4 Å². The lowest BCUT2D eigenvalue weighted by molar-refractivity contribution is 0.415. The zero-order valence-electron chi connectivity index (χ0n) is 14.4. The minimum absolute atomic E-state index is 0.633. The van der Waals surface area contributed by atoms with Crippen molar-refractivity contribution in [2.24, 2.45) is 5.92 Å². The van der Waals surface area contributed by atoms with E-state index in [9.17, 15) is 0 Å². The van der Waals surface area contributed by atoms with Crippen LogP contribution in [0.4, 0.5) is 0 Å². The number of aryl methyl sites for hydroxylation is 1. The molecule has 3 rings (SSSR count). The quantitative estimate of drug-likeness (QED) is 0.672. The Labute approximate surface area is 149 Å². The Hall–Kier alpha value is -1.80. The van der Waals surface area contributed by atoms with E-state index in [0.717, 1.165) is 17.7 Å². The molecule has 0 atom stereocenters. The van der Waals surface area contributed by atoms with Gasteiger partial charge in [-0.25, -0.2) is 0 Å². The van der Waals surface area contributed by atoms with Crippen molar-refractivity contribution >= 4 is 17.2 Å². The average Bonchev–Trinajstić information content (AvgIpc) is 3.13. The number of halogens is 1. The van der Waals surface area contributed by atoms with Gasteiger partial charge in [0.1, 0.15) is 5.75 Å². The largest absolute Gasteiger partial charge is 0.495 e. The van der Waals surface area contributed by atoms with E-state index in [2.05, 4.69) is 31.2 Å². The zero-order valence-corrected chi connectivity index (χ0v) is 15.1. The van der Waals surface area contributed by atoms with Crippen LogP contribution in [-0.4, -0.2) is 12.1 Å². The average molecular weight is 342 g/mol. The zero-order chi connectivity index (χ0) is 16.9. The fourth-order valence-corrected chi connectivity index (χ4v) is 3.57.